The Hall–Kier alpha value is -2.10. The molecule has 21 heavy (non-hydrogen) atoms. The molecule has 0 aliphatic heterocycles. The van der Waals surface area contributed by atoms with Gasteiger partial charge in [-0.1, -0.05) is 41.4 Å². The van der Waals surface area contributed by atoms with Crippen LogP contribution in [0.25, 0.3) is 10.9 Å². The minimum absolute atomic E-state index is 0.238. The first-order chi connectivity index (χ1) is 10.1. The number of carbonyl (C=O) groups is 1. The molecule has 1 amide bonds. The standard InChI is InChI=1S/C16H10Cl2N2O/c17-10-5-7-11(8-6-10)19-16(21)13-9-15(18)20-14-4-2-1-3-12(13)14/h1-9H,(H,19,21). The highest BCUT2D eigenvalue weighted by atomic mass is 35.5. The van der Waals surface area contributed by atoms with E-state index < -0.39 is 0 Å². The van der Waals surface area contributed by atoms with Gasteiger partial charge in [-0.25, -0.2) is 4.98 Å². The molecule has 0 aliphatic carbocycles. The fourth-order valence-electron chi connectivity index (χ4n) is 2.06. The third kappa shape index (κ3) is 2.99. The van der Waals surface area contributed by atoms with Crippen molar-refractivity contribution in [1.29, 1.82) is 0 Å². The van der Waals surface area contributed by atoms with E-state index in [4.69, 9.17) is 23.2 Å². The van der Waals surface area contributed by atoms with Gasteiger partial charge in [0.05, 0.1) is 11.1 Å². The Balaban J connectivity index is 1.99. The summed E-state index contributed by atoms with van der Waals surface area (Å²) in [7, 11) is 0. The lowest BCUT2D eigenvalue weighted by Gasteiger charge is -2.08. The first-order valence-corrected chi connectivity index (χ1v) is 7.01. The van der Waals surface area contributed by atoms with Crippen LogP contribution in [0.15, 0.2) is 54.6 Å². The average Bonchev–Trinajstić information content (AvgIpc) is 2.48. The summed E-state index contributed by atoms with van der Waals surface area (Å²) in [6.07, 6.45) is 0. The van der Waals surface area contributed by atoms with Crippen molar-refractivity contribution in [2.24, 2.45) is 0 Å². The van der Waals surface area contributed by atoms with Gasteiger partial charge >= 0.3 is 0 Å². The van der Waals surface area contributed by atoms with Gasteiger partial charge < -0.3 is 5.32 Å². The molecule has 0 atom stereocenters. The monoisotopic (exact) mass is 316 g/mol. The minimum Gasteiger partial charge on any atom is -0.322 e. The molecular formula is C16H10Cl2N2O. The Labute approximate surface area is 131 Å². The molecule has 0 aliphatic rings. The Morgan fingerprint density at radius 1 is 1.00 bits per heavy atom. The number of nitrogens with one attached hydrogen (secondary N) is 1. The molecule has 5 heteroatoms. The van der Waals surface area contributed by atoms with Crippen LogP contribution in [-0.4, -0.2) is 10.9 Å². The fourth-order valence-corrected chi connectivity index (χ4v) is 2.39. The van der Waals surface area contributed by atoms with Crippen molar-refractivity contribution in [3.05, 3.63) is 70.3 Å². The number of anilines is 1. The van der Waals surface area contributed by atoms with Gasteiger partial charge in [-0.15, -0.1) is 0 Å². The van der Waals surface area contributed by atoms with Gasteiger partial charge in [0.15, 0.2) is 0 Å². The molecule has 2 aromatic carbocycles. The highest BCUT2D eigenvalue weighted by molar-refractivity contribution is 6.31. The lowest BCUT2D eigenvalue weighted by Crippen LogP contribution is -2.12. The van der Waals surface area contributed by atoms with Crippen LogP contribution in [0, 0.1) is 0 Å². The zero-order chi connectivity index (χ0) is 14.8. The quantitative estimate of drug-likeness (QED) is 0.690. The smallest absolute Gasteiger partial charge is 0.256 e. The van der Waals surface area contributed by atoms with E-state index in [0.717, 1.165) is 5.39 Å². The second kappa shape index (κ2) is 5.72. The molecule has 0 saturated carbocycles. The number of fused-ring (bicyclic) bond motifs is 1. The maximum Gasteiger partial charge on any atom is 0.256 e. The molecule has 0 saturated heterocycles. The van der Waals surface area contributed by atoms with Crippen LogP contribution >= 0.6 is 23.2 Å². The van der Waals surface area contributed by atoms with Crippen LogP contribution in [0.4, 0.5) is 5.69 Å². The fraction of sp³-hybridized carbons (Fsp3) is 0. The van der Waals surface area contributed by atoms with E-state index >= 15 is 0 Å². The Bertz CT molecular complexity index is 816. The molecule has 0 radical (unpaired) electrons. The number of nitrogens with zero attached hydrogens (tertiary/aromatic N) is 1. The van der Waals surface area contributed by atoms with Crippen molar-refractivity contribution >= 4 is 45.7 Å². The number of hydrogen-bond acceptors (Lipinski definition) is 2. The number of amides is 1. The molecule has 0 fully saturated rings. The van der Waals surface area contributed by atoms with Crippen LogP contribution in [-0.2, 0) is 0 Å². The maximum atomic E-state index is 12.4. The summed E-state index contributed by atoms with van der Waals surface area (Å²) in [6, 6.07) is 15.9. The number of para-hydroxylation sites is 1. The molecule has 3 nitrogen and oxygen atoms in total. The summed E-state index contributed by atoms with van der Waals surface area (Å²) in [6.45, 7) is 0. The summed E-state index contributed by atoms with van der Waals surface area (Å²) < 4.78 is 0. The van der Waals surface area contributed by atoms with E-state index in [9.17, 15) is 4.79 Å². The zero-order valence-corrected chi connectivity index (χ0v) is 12.3. The zero-order valence-electron chi connectivity index (χ0n) is 10.8. The van der Waals surface area contributed by atoms with E-state index in [1.54, 1.807) is 30.3 Å². The predicted octanol–water partition coefficient (Wildman–Crippen LogP) is 4.79. The Kier molecular flexibility index (Phi) is 3.78. The summed E-state index contributed by atoms with van der Waals surface area (Å²) in [4.78, 5) is 16.6. The summed E-state index contributed by atoms with van der Waals surface area (Å²) in [5.74, 6) is -0.238. The Morgan fingerprint density at radius 3 is 2.48 bits per heavy atom. The molecule has 0 spiro atoms. The first kappa shape index (κ1) is 13.9. The third-order valence-electron chi connectivity index (χ3n) is 3.03. The second-order valence-electron chi connectivity index (χ2n) is 4.47. The molecule has 3 rings (SSSR count). The van der Waals surface area contributed by atoms with Crippen molar-refractivity contribution in [2.75, 3.05) is 5.32 Å². The van der Waals surface area contributed by atoms with Gasteiger partial charge in [-0.05, 0) is 36.4 Å². The van der Waals surface area contributed by atoms with Gasteiger partial charge in [0.25, 0.3) is 5.91 Å². The van der Waals surface area contributed by atoms with E-state index in [2.05, 4.69) is 10.3 Å². The highest BCUT2D eigenvalue weighted by Crippen LogP contribution is 2.22. The van der Waals surface area contributed by atoms with Crippen LogP contribution in [0.2, 0.25) is 10.2 Å². The van der Waals surface area contributed by atoms with Crippen LogP contribution in [0.5, 0.6) is 0 Å². The van der Waals surface area contributed by atoms with Gasteiger partial charge in [-0.3, -0.25) is 4.79 Å². The largest absolute Gasteiger partial charge is 0.322 e. The number of pyridine rings is 1. The van der Waals surface area contributed by atoms with Crippen molar-refractivity contribution < 1.29 is 4.79 Å². The van der Waals surface area contributed by atoms with E-state index in [1.807, 2.05) is 24.3 Å². The highest BCUT2D eigenvalue weighted by Gasteiger charge is 2.12. The molecule has 1 heterocycles. The normalized spacial score (nSPS) is 10.6. The maximum absolute atomic E-state index is 12.4. The molecule has 0 bridgehead atoms. The first-order valence-electron chi connectivity index (χ1n) is 6.26. The summed E-state index contributed by atoms with van der Waals surface area (Å²) >= 11 is 11.8. The van der Waals surface area contributed by atoms with E-state index in [1.165, 1.54) is 0 Å². The van der Waals surface area contributed by atoms with Crippen molar-refractivity contribution in [3.63, 3.8) is 0 Å². The lowest BCUT2D eigenvalue weighted by atomic mass is 10.1. The van der Waals surface area contributed by atoms with E-state index in [-0.39, 0.29) is 11.1 Å². The van der Waals surface area contributed by atoms with Gasteiger partial charge in [0.1, 0.15) is 5.15 Å². The predicted molar refractivity (Wildman–Crippen MR) is 86.2 cm³/mol. The molecular weight excluding hydrogens is 307 g/mol. The SMILES string of the molecule is O=C(Nc1ccc(Cl)cc1)c1cc(Cl)nc2ccccc12. The van der Waals surface area contributed by atoms with Crippen molar-refractivity contribution in [3.8, 4) is 0 Å². The van der Waals surface area contributed by atoms with Gasteiger partial charge in [-0.2, -0.15) is 0 Å². The number of hydrogen-bond donors (Lipinski definition) is 1. The van der Waals surface area contributed by atoms with Crippen molar-refractivity contribution in [1.82, 2.24) is 4.98 Å². The number of rotatable bonds is 2. The van der Waals surface area contributed by atoms with Crippen LogP contribution in [0.3, 0.4) is 0 Å². The lowest BCUT2D eigenvalue weighted by molar-refractivity contribution is 0.102. The second-order valence-corrected chi connectivity index (χ2v) is 5.29. The Morgan fingerprint density at radius 2 is 1.71 bits per heavy atom. The molecule has 3 aromatic rings. The van der Waals surface area contributed by atoms with Gasteiger partial charge in [0.2, 0.25) is 0 Å². The number of benzene rings is 2. The molecule has 0 unspecified atom stereocenters. The average molecular weight is 317 g/mol. The topological polar surface area (TPSA) is 42.0 Å². The third-order valence-corrected chi connectivity index (χ3v) is 3.48. The summed E-state index contributed by atoms with van der Waals surface area (Å²) in [5.41, 5.74) is 1.84. The molecule has 1 N–H and O–H groups in total. The number of aromatic nitrogens is 1. The molecule has 1 aromatic heterocycles. The van der Waals surface area contributed by atoms with E-state index in [0.29, 0.717) is 21.8 Å². The van der Waals surface area contributed by atoms with Crippen LogP contribution in [0.1, 0.15) is 10.4 Å². The number of halogens is 2. The van der Waals surface area contributed by atoms with Crippen molar-refractivity contribution in [2.45, 2.75) is 0 Å². The summed E-state index contributed by atoms with van der Waals surface area (Å²) in [5, 5.41) is 4.48. The number of carbonyl (C=O) groups excluding carboxylic acids is 1. The minimum atomic E-state index is -0.238. The van der Waals surface area contributed by atoms with Crippen LogP contribution < -0.4 is 5.32 Å². The van der Waals surface area contributed by atoms with Gasteiger partial charge in [0, 0.05) is 16.1 Å². The molecule has 104 valence electrons.